The smallest absolute Gasteiger partial charge is 0.358 e. The standard InChI is InChI=1S/C10H8N6O4S/c1-15-6-7(4-11)10(13-15)14-21(19,20)8-2-3-9(12-5-8)16(17)18/h2-3,5-6H,1H3,(H,13,14). The molecule has 0 aliphatic rings. The van der Waals surface area contributed by atoms with E-state index in [4.69, 9.17) is 5.26 Å². The third-order valence-corrected chi connectivity index (χ3v) is 3.72. The maximum Gasteiger partial charge on any atom is 0.363 e. The van der Waals surface area contributed by atoms with Gasteiger partial charge in [-0.15, -0.1) is 0 Å². The summed E-state index contributed by atoms with van der Waals surface area (Å²) in [4.78, 5) is 12.9. The zero-order valence-corrected chi connectivity index (χ0v) is 11.4. The van der Waals surface area contributed by atoms with E-state index in [9.17, 15) is 18.5 Å². The summed E-state index contributed by atoms with van der Waals surface area (Å²) in [6.07, 6.45) is 2.21. The number of anilines is 1. The lowest BCUT2D eigenvalue weighted by atomic mass is 10.4. The Balaban J connectivity index is 2.34. The van der Waals surface area contributed by atoms with Crippen LogP contribution in [-0.4, -0.2) is 28.1 Å². The molecule has 2 heterocycles. The van der Waals surface area contributed by atoms with E-state index in [0.29, 0.717) is 0 Å². The lowest BCUT2D eigenvalue weighted by molar-refractivity contribution is -0.389. The first-order valence-electron chi connectivity index (χ1n) is 5.40. The zero-order valence-electron chi connectivity index (χ0n) is 10.6. The average Bonchev–Trinajstić information content (AvgIpc) is 2.78. The molecule has 0 saturated carbocycles. The fourth-order valence-electron chi connectivity index (χ4n) is 1.47. The molecule has 0 unspecified atom stereocenters. The molecule has 0 radical (unpaired) electrons. The van der Waals surface area contributed by atoms with Crippen LogP contribution in [0, 0.1) is 21.4 Å². The number of hydrogen-bond donors (Lipinski definition) is 1. The summed E-state index contributed by atoms with van der Waals surface area (Å²) in [7, 11) is -2.50. The van der Waals surface area contributed by atoms with Crippen LogP contribution < -0.4 is 4.72 Å². The molecule has 1 N–H and O–H groups in total. The van der Waals surface area contributed by atoms with Gasteiger partial charge in [0.1, 0.15) is 16.5 Å². The molecule has 0 atom stereocenters. The van der Waals surface area contributed by atoms with Crippen molar-refractivity contribution in [3.8, 4) is 6.07 Å². The summed E-state index contributed by atoms with van der Waals surface area (Å²) in [5, 5.41) is 23.2. The number of sulfonamides is 1. The van der Waals surface area contributed by atoms with Gasteiger partial charge in [0.05, 0.1) is 0 Å². The van der Waals surface area contributed by atoms with E-state index in [1.165, 1.54) is 17.9 Å². The number of pyridine rings is 1. The lowest BCUT2D eigenvalue weighted by Gasteiger charge is -2.04. The fourth-order valence-corrected chi connectivity index (χ4v) is 2.43. The molecule has 2 aromatic heterocycles. The van der Waals surface area contributed by atoms with Crippen LogP contribution in [0.25, 0.3) is 0 Å². The van der Waals surface area contributed by atoms with Crippen molar-refractivity contribution in [2.24, 2.45) is 7.05 Å². The number of nitrogens with zero attached hydrogens (tertiary/aromatic N) is 5. The van der Waals surface area contributed by atoms with Crippen LogP contribution in [0.3, 0.4) is 0 Å². The summed E-state index contributed by atoms with van der Waals surface area (Å²) in [5.74, 6) is -0.595. The molecule has 0 spiro atoms. The van der Waals surface area contributed by atoms with Gasteiger partial charge < -0.3 is 10.1 Å². The first kappa shape index (κ1) is 14.4. The van der Waals surface area contributed by atoms with Gasteiger partial charge in [-0.1, -0.05) is 0 Å². The lowest BCUT2D eigenvalue weighted by Crippen LogP contribution is -2.14. The van der Waals surface area contributed by atoms with Gasteiger partial charge in [-0.2, -0.15) is 10.4 Å². The Morgan fingerprint density at radius 3 is 2.71 bits per heavy atom. The molecule has 11 heteroatoms. The molecule has 2 aromatic rings. The van der Waals surface area contributed by atoms with Gasteiger partial charge in [0.2, 0.25) is 0 Å². The fraction of sp³-hybridized carbons (Fsp3) is 0.100. The summed E-state index contributed by atoms with van der Waals surface area (Å²) >= 11 is 0. The molecule has 10 nitrogen and oxygen atoms in total. The first-order valence-corrected chi connectivity index (χ1v) is 6.89. The molecular weight excluding hydrogens is 300 g/mol. The van der Waals surface area contributed by atoms with Crippen LogP contribution in [0.1, 0.15) is 5.56 Å². The molecule has 0 aromatic carbocycles. The number of rotatable bonds is 4. The highest BCUT2D eigenvalue weighted by Crippen LogP contribution is 2.18. The molecule has 0 aliphatic carbocycles. The van der Waals surface area contributed by atoms with E-state index in [1.54, 1.807) is 6.07 Å². The molecule has 108 valence electrons. The molecule has 21 heavy (non-hydrogen) atoms. The van der Waals surface area contributed by atoms with E-state index in [1.807, 2.05) is 0 Å². The third kappa shape index (κ3) is 2.95. The molecule has 0 bridgehead atoms. The van der Waals surface area contributed by atoms with Gasteiger partial charge >= 0.3 is 5.82 Å². The highest BCUT2D eigenvalue weighted by molar-refractivity contribution is 7.92. The van der Waals surface area contributed by atoms with Crippen LogP contribution in [0.4, 0.5) is 11.6 Å². The van der Waals surface area contributed by atoms with Gasteiger partial charge in [-0.3, -0.25) is 9.40 Å². The Morgan fingerprint density at radius 1 is 1.48 bits per heavy atom. The molecule has 2 rings (SSSR count). The molecular formula is C10H8N6O4S. The quantitative estimate of drug-likeness (QED) is 0.635. The maximum atomic E-state index is 12.1. The van der Waals surface area contributed by atoms with Crippen LogP contribution in [0.2, 0.25) is 0 Å². The highest BCUT2D eigenvalue weighted by atomic mass is 32.2. The number of nitriles is 1. The second kappa shape index (κ2) is 5.17. The zero-order chi connectivity index (χ0) is 15.6. The van der Waals surface area contributed by atoms with Gasteiger partial charge in [0.15, 0.2) is 12.0 Å². The topological polar surface area (TPSA) is 144 Å². The van der Waals surface area contributed by atoms with Crippen LogP contribution >= 0.6 is 0 Å². The minimum Gasteiger partial charge on any atom is -0.358 e. The van der Waals surface area contributed by atoms with Crippen molar-refractivity contribution in [1.82, 2.24) is 14.8 Å². The van der Waals surface area contributed by atoms with E-state index in [2.05, 4.69) is 14.8 Å². The second-order valence-corrected chi connectivity index (χ2v) is 5.57. The van der Waals surface area contributed by atoms with Crippen molar-refractivity contribution < 1.29 is 13.3 Å². The van der Waals surface area contributed by atoms with Crippen molar-refractivity contribution in [2.75, 3.05) is 4.72 Å². The Morgan fingerprint density at radius 2 is 2.19 bits per heavy atom. The number of nitrogens with one attached hydrogen (secondary N) is 1. The molecule has 0 aliphatic heterocycles. The van der Waals surface area contributed by atoms with Gasteiger partial charge in [-0.25, -0.2) is 8.42 Å². The summed E-state index contributed by atoms with van der Waals surface area (Å²) in [6.45, 7) is 0. The largest absolute Gasteiger partial charge is 0.363 e. The summed E-state index contributed by atoms with van der Waals surface area (Å²) in [5.41, 5.74) is 0.0518. The molecule has 0 saturated heterocycles. The number of aryl methyl sites for hydroxylation is 1. The number of nitro groups is 1. The summed E-state index contributed by atoms with van der Waals surface area (Å²) < 4.78 is 27.6. The van der Waals surface area contributed by atoms with Crippen molar-refractivity contribution >= 4 is 21.7 Å². The Kier molecular flexibility index (Phi) is 3.55. The first-order chi connectivity index (χ1) is 9.83. The van der Waals surface area contributed by atoms with Gasteiger partial charge in [0.25, 0.3) is 10.0 Å². The monoisotopic (exact) mass is 308 g/mol. The minimum absolute atomic E-state index is 0.0518. The van der Waals surface area contributed by atoms with E-state index >= 15 is 0 Å². The normalized spacial score (nSPS) is 10.9. The van der Waals surface area contributed by atoms with Crippen molar-refractivity contribution in [2.45, 2.75) is 4.90 Å². The van der Waals surface area contributed by atoms with Crippen molar-refractivity contribution in [3.05, 3.63) is 40.2 Å². The van der Waals surface area contributed by atoms with Gasteiger partial charge in [0, 0.05) is 19.3 Å². The minimum atomic E-state index is -4.04. The van der Waals surface area contributed by atoms with Crippen LogP contribution in [-0.2, 0) is 17.1 Å². The average molecular weight is 308 g/mol. The third-order valence-electron chi connectivity index (χ3n) is 2.40. The second-order valence-electron chi connectivity index (χ2n) is 3.89. The number of aromatic nitrogens is 3. The molecule has 0 amide bonds. The molecule has 0 fully saturated rings. The Labute approximate surface area is 118 Å². The van der Waals surface area contributed by atoms with Crippen LogP contribution in [0.5, 0.6) is 0 Å². The SMILES string of the molecule is Cn1cc(C#N)c(NS(=O)(=O)c2ccc([N+](=O)[O-])nc2)n1. The summed E-state index contributed by atoms with van der Waals surface area (Å²) in [6, 6.07) is 3.81. The van der Waals surface area contributed by atoms with E-state index in [-0.39, 0.29) is 16.3 Å². The van der Waals surface area contributed by atoms with Gasteiger partial charge in [-0.05, 0) is 16.0 Å². The predicted molar refractivity (Wildman–Crippen MR) is 69.6 cm³/mol. The Hall–Kier alpha value is -3.00. The number of hydrogen-bond acceptors (Lipinski definition) is 7. The van der Waals surface area contributed by atoms with Crippen LogP contribution in [0.15, 0.2) is 29.4 Å². The highest BCUT2D eigenvalue weighted by Gasteiger charge is 2.21. The maximum absolute atomic E-state index is 12.1. The predicted octanol–water partition coefficient (Wildman–Crippen LogP) is 0.396. The Bertz CT molecular complexity index is 833. The van der Waals surface area contributed by atoms with E-state index in [0.717, 1.165) is 18.3 Å². The van der Waals surface area contributed by atoms with Crippen molar-refractivity contribution in [3.63, 3.8) is 0 Å². The van der Waals surface area contributed by atoms with Crippen molar-refractivity contribution in [1.29, 1.82) is 5.26 Å². The van der Waals surface area contributed by atoms with E-state index < -0.39 is 20.8 Å².